The van der Waals surface area contributed by atoms with E-state index in [1.54, 1.807) is 38.4 Å². The molecule has 0 saturated heterocycles. The molecule has 0 aliphatic rings. The van der Waals surface area contributed by atoms with Crippen LogP contribution in [0.5, 0.6) is 5.75 Å². The van der Waals surface area contributed by atoms with Gasteiger partial charge in [-0.25, -0.2) is 14.3 Å². The molecule has 0 fully saturated rings. The maximum atomic E-state index is 13.1. The molecule has 0 saturated carbocycles. The van der Waals surface area contributed by atoms with E-state index < -0.39 is 21.9 Å². The van der Waals surface area contributed by atoms with Crippen molar-refractivity contribution in [2.45, 2.75) is 13.0 Å². The van der Waals surface area contributed by atoms with Crippen LogP contribution < -0.4 is 19.8 Å². The number of rotatable bonds is 8. The number of nitrogens with one attached hydrogen (secondary N) is 2. The average molecular weight is 523 g/mol. The second-order valence-corrected chi connectivity index (χ2v) is 10.3. The predicted octanol–water partition coefficient (Wildman–Crippen LogP) is 3.04. The highest BCUT2D eigenvalue weighted by molar-refractivity contribution is 7.90. The summed E-state index contributed by atoms with van der Waals surface area (Å²) in [7, 11) is 4.38. The minimum Gasteiger partial charge on any atom is -0.422 e. The van der Waals surface area contributed by atoms with Crippen LogP contribution in [0.1, 0.15) is 16.7 Å². The Balaban J connectivity index is 2.09. The van der Waals surface area contributed by atoms with E-state index >= 15 is 0 Å². The molecule has 0 atom stereocenters. The van der Waals surface area contributed by atoms with Crippen molar-refractivity contribution in [1.82, 2.24) is 14.5 Å². The first-order valence-corrected chi connectivity index (χ1v) is 12.4. The summed E-state index contributed by atoms with van der Waals surface area (Å²) in [5.74, 6) is 0.246. The first-order valence-electron chi connectivity index (χ1n) is 10.5. The van der Waals surface area contributed by atoms with Crippen molar-refractivity contribution in [2.24, 2.45) is 0 Å². The number of benzene rings is 2. The normalized spacial score (nSPS) is 11.6. The fraction of sp³-hybridized carbons (Fsp3) is 0.304. The van der Waals surface area contributed by atoms with Crippen LogP contribution in [0, 0.1) is 0 Å². The van der Waals surface area contributed by atoms with Crippen molar-refractivity contribution in [2.75, 3.05) is 40.0 Å². The van der Waals surface area contributed by atoms with Gasteiger partial charge in [-0.2, -0.15) is 8.42 Å². The Kier molecular flexibility index (Phi) is 8.06. The van der Waals surface area contributed by atoms with Gasteiger partial charge in [-0.05, 0) is 43.4 Å². The molecule has 35 heavy (non-hydrogen) atoms. The molecule has 1 aromatic heterocycles. The maximum Gasteiger partial charge on any atom is 0.414 e. The van der Waals surface area contributed by atoms with Gasteiger partial charge in [0.15, 0.2) is 0 Å². The number of nitrogens with zero attached hydrogens (tertiary/aromatic N) is 2. The van der Waals surface area contributed by atoms with Crippen molar-refractivity contribution in [1.29, 1.82) is 0 Å². The molecular weight excluding hydrogens is 496 g/mol. The van der Waals surface area contributed by atoms with Crippen LogP contribution in [-0.4, -0.2) is 59.5 Å². The van der Waals surface area contributed by atoms with E-state index in [4.69, 9.17) is 20.8 Å². The number of fused-ring (bicyclic) bond motifs is 1. The third-order valence-corrected chi connectivity index (χ3v) is 6.57. The first kappa shape index (κ1) is 26.5. The quantitative estimate of drug-likeness (QED) is 0.436. The molecule has 0 spiro atoms. The molecule has 2 N–H and O–H groups in total. The van der Waals surface area contributed by atoms with Crippen molar-refractivity contribution in [3.05, 3.63) is 68.5 Å². The Hall–Kier alpha value is -3.12. The Labute approximate surface area is 208 Å². The first-order chi connectivity index (χ1) is 16.4. The number of amides is 1. The second-order valence-electron chi connectivity index (χ2n) is 8.27. The lowest BCUT2D eigenvalue weighted by Gasteiger charge is -2.17. The molecule has 3 rings (SSSR count). The van der Waals surface area contributed by atoms with Crippen molar-refractivity contribution >= 4 is 44.6 Å². The van der Waals surface area contributed by atoms with E-state index in [1.165, 1.54) is 24.1 Å². The van der Waals surface area contributed by atoms with Gasteiger partial charge >= 0.3 is 11.7 Å². The molecule has 1 amide bonds. The Morgan fingerprint density at radius 3 is 2.46 bits per heavy atom. The minimum absolute atomic E-state index is 0.118. The molecule has 12 heteroatoms. The largest absolute Gasteiger partial charge is 0.422 e. The molecule has 3 aromatic rings. The summed E-state index contributed by atoms with van der Waals surface area (Å²) in [5.41, 5.74) is 1.56. The number of halogens is 1. The molecule has 10 nitrogen and oxygen atoms in total. The zero-order valence-corrected chi connectivity index (χ0v) is 21.6. The van der Waals surface area contributed by atoms with Gasteiger partial charge in [0, 0.05) is 51.1 Å². The van der Waals surface area contributed by atoms with Gasteiger partial charge in [-0.3, -0.25) is 4.72 Å². The number of anilines is 1. The van der Waals surface area contributed by atoms with Gasteiger partial charge in [0.25, 0.3) is 10.2 Å². The lowest BCUT2D eigenvalue weighted by atomic mass is 9.97. The molecule has 0 aliphatic heterocycles. The van der Waals surface area contributed by atoms with Crippen LogP contribution in [0.25, 0.3) is 11.0 Å². The van der Waals surface area contributed by atoms with Crippen molar-refractivity contribution < 1.29 is 22.4 Å². The van der Waals surface area contributed by atoms with E-state index in [9.17, 15) is 18.0 Å². The molecule has 0 unspecified atom stereocenters. The van der Waals surface area contributed by atoms with E-state index in [2.05, 4.69) is 9.44 Å². The van der Waals surface area contributed by atoms with Crippen LogP contribution in [-0.2, 0) is 23.2 Å². The van der Waals surface area contributed by atoms with Gasteiger partial charge in [0.05, 0.1) is 10.7 Å². The standard InChI is InChI=1S/C23H27ClN4O6S/c1-25-35(31,32)26-19-8-6-7-14(21(19)24)11-17-18(13-27(2)3)16-10-9-15(33-23(30)28(4)5)12-20(16)34-22(17)29/h6-10,12,25-26H,11,13H2,1-5H3. The smallest absolute Gasteiger partial charge is 0.414 e. The SMILES string of the molecule is CNS(=O)(=O)Nc1cccc(Cc2c(CN(C)C)c3ccc(OC(=O)N(C)C)cc3oc2=O)c1Cl. The number of hydrogen-bond acceptors (Lipinski definition) is 7. The Morgan fingerprint density at radius 1 is 1.11 bits per heavy atom. The fourth-order valence-electron chi connectivity index (χ4n) is 3.40. The highest BCUT2D eigenvalue weighted by Crippen LogP contribution is 2.31. The maximum absolute atomic E-state index is 13.1. The highest BCUT2D eigenvalue weighted by atomic mass is 35.5. The summed E-state index contributed by atoms with van der Waals surface area (Å²) >= 11 is 6.49. The van der Waals surface area contributed by atoms with Gasteiger partial charge in [0.1, 0.15) is 11.3 Å². The number of ether oxygens (including phenoxy) is 1. The summed E-state index contributed by atoms with van der Waals surface area (Å²) in [6.45, 7) is 0.429. The fourth-order valence-corrected chi connectivity index (χ4v) is 4.25. The number of carbonyl (C=O) groups is 1. The molecule has 0 bridgehead atoms. The molecule has 188 valence electrons. The Morgan fingerprint density at radius 2 is 1.83 bits per heavy atom. The van der Waals surface area contributed by atoms with Crippen LogP contribution in [0.15, 0.2) is 45.6 Å². The van der Waals surface area contributed by atoms with Crippen LogP contribution in [0.3, 0.4) is 0 Å². The van der Waals surface area contributed by atoms with E-state index in [0.29, 0.717) is 23.1 Å². The van der Waals surface area contributed by atoms with E-state index in [0.717, 1.165) is 5.56 Å². The second kappa shape index (κ2) is 10.6. The van der Waals surface area contributed by atoms with Crippen LogP contribution in [0.2, 0.25) is 5.02 Å². The monoisotopic (exact) mass is 522 g/mol. The lowest BCUT2D eigenvalue weighted by Crippen LogP contribution is -2.26. The summed E-state index contributed by atoms with van der Waals surface area (Å²) in [4.78, 5) is 28.2. The molecule has 0 radical (unpaired) electrons. The van der Waals surface area contributed by atoms with Gasteiger partial charge < -0.3 is 19.0 Å². The lowest BCUT2D eigenvalue weighted by molar-refractivity contribution is 0.172. The van der Waals surface area contributed by atoms with Crippen LogP contribution >= 0.6 is 11.6 Å². The highest BCUT2D eigenvalue weighted by Gasteiger charge is 2.20. The third-order valence-electron chi connectivity index (χ3n) is 5.10. The van der Waals surface area contributed by atoms with E-state index in [-0.39, 0.29) is 28.5 Å². The molecular formula is C23H27ClN4O6S. The summed E-state index contributed by atoms with van der Waals surface area (Å²) in [6, 6.07) is 9.76. The zero-order valence-electron chi connectivity index (χ0n) is 20.0. The van der Waals surface area contributed by atoms with E-state index in [1.807, 2.05) is 19.0 Å². The molecule has 0 aliphatic carbocycles. The minimum atomic E-state index is -3.77. The van der Waals surface area contributed by atoms with Crippen LogP contribution in [0.4, 0.5) is 10.5 Å². The van der Waals surface area contributed by atoms with Gasteiger partial charge in [0.2, 0.25) is 0 Å². The molecule has 1 heterocycles. The zero-order chi connectivity index (χ0) is 25.9. The van der Waals surface area contributed by atoms with Gasteiger partial charge in [-0.15, -0.1) is 0 Å². The summed E-state index contributed by atoms with van der Waals surface area (Å²) in [6.07, 6.45) is -0.437. The average Bonchev–Trinajstić information content (AvgIpc) is 2.77. The van der Waals surface area contributed by atoms with Crippen molar-refractivity contribution in [3.63, 3.8) is 0 Å². The number of hydrogen-bond donors (Lipinski definition) is 2. The number of carbonyl (C=O) groups excluding carboxylic acids is 1. The Bertz CT molecular complexity index is 1420. The third kappa shape index (κ3) is 6.31. The topological polar surface area (TPSA) is 121 Å². The summed E-state index contributed by atoms with van der Waals surface area (Å²) in [5, 5.41) is 0.855. The molecule has 2 aromatic carbocycles. The predicted molar refractivity (Wildman–Crippen MR) is 135 cm³/mol. The van der Waals surface area contributed by atoms with Gasteiger partial charge in [-0.1, -0.05) is 23.7 Å². The summed E-state index contributed by atoms with van der Waals surface area (Å²) < 4.78 is 39.2. The van der Waals surface area contributed by atoms with Crippen molar-refractivity contribution in [3.8, 4) is 5.75 Å².